The zero-order valence-electron chi connectivity index (χ0n) is 11.9. The molecule has 0 bridgehead atoms. The first kappa shape index (κ1) is 13.2. The van der Waals surface area contributed by atoms with Gasteiger partial charge in [-0.05, 0) is 50.8 Å². The maximum absolute atomic E-state index is 11.4. The predicted octanol–water partition coefficient (Wildman–Crippen LogP) is 3.00. The number of fused-ring (bicyclic) bond motifs is 1. The molecule has 0 saturated carbocycles. The first-order valence-corrected chi connectivity index (χ1v) is 7.18. The van der Waals surface area contributed by atoms with E-state index in [1.54, 1.807) is 6.07 Å². The summed E-state index contributed by atoms with van der Waals surface area (Å²) < 4.78 is 5.67. The summed E-state index contributed by atoms with van der Waals surface area (Å²) in [7, 11) is 0. The minimum atomic E-state index is -0.0147. The van der Waals surface area contributed by atoms with Crippen LogP contribution in [0.1, 0.15) is 54.6 Å². The van der Waals surface area contributed by atoms with Crippen molar-refractivity contribution in [2.45, 2.75) is 45.2 Å². The van der Waals surface area contributed by atoms with Gasteiger partial charge in [0, 0.05) is 17.8 Å². The summed E-state index contributed by atoms with van der Waals surface area (Å²) in [6.07, 6.45) is 3.13. The van der Waals surface area contributed by atoms with Gasteiger partial charge in [0.05, 0.1) is 6.04 Å². The van der Waals surface area contributed by atoms with Crippen LogP contribution >= 0.6 is 0 Å². The van der Waals surface area contributed by atoms with Crippen molar-refractivity contribution in [2.75, 3.05) is 0 Å². The van der Waals surface area contributed by atoms with Crippen LogP contribution in [-0.2, 0) is 6.42 Å². The normalized spacial score (nSPS) is 19.6. The summed E-state index contributed by atoms with van der Waals surface area (Å²) in [5.74, 6) is 1.89. The third-order valence-corrected chi connectivity index (χ3v) is 3.97. The monoisotopic (exact) mass is 272 g/mol. The topological polar surface area (TPSA) is 58.0 Å². The number of aromatic nitrogens is 1. The van der Waals surface area contributed by atoms with Gasteiger partial charge >= 0.3 is 0 Å². The average molecular weight is 272 g/mol. The van der Waals surface area contributed by atoms with Gasteiger partial charge < -0.3 is 14.7 Å². The molecule has 0 amide bonds. The van der Waals surface area contributed by atoms with E-state index >= 15 is 0 Å². The number of pyridine rings is 1. The van der Waals surface area contributed by atoms with Crippen molar-refractivity contribution in [1.82, 2.24) is 10.3 Å². The molecule has 3 rings (SSSR count). The van der Waals surface area contributed by atoms with Gasteiger partial charge in [0.15, 0.2) is 0 Å². The SMILES string of the molecule is Cc1ccc(C(C)NC2CCCc3[nH]c(=O)ccc32)o1. The number of aryl methyl sites for hydroxylation is 2. The molecular weight excluding hydrogens is 252 g/mol. The highest BCUT2D eigenvalue weighted by Gasteiger charge is 2.23. The van der Waals surface area contributed by atoms with E-state index in [1.165, 1.54) is 5.56 Å². The predicted molar refractivity (Wildman–Crippen MR) is 77.7 cm³/mol. The summed E-state index contributed by atoms with van der Waals surface area (Å²) in [5.41, 5.74) is 2.27. The molecule has 2 aromatic rings. The Hall–Kier alpha value is -1.81. The van der Waals surface area contributed by atoms with Gasteiger partial charge in [-0.1, -0.05) is 6.07 Å². The van der Waals surface area contributed by atoms with Gasteiger partial charge in [-0.15, -0.1) is 0 Å². The molecule has 2 heterocycles. The van der Waals surface area contributed by atoms with Crippen LogP contribution in [0.3, 0.4) is 0 Å². The maximum Gasteiger partial charge on any atom is 0.248 e. The Balaban J connectivity index is 1.81. The molecule has 1 aliphatic rings. The lowest BCUT2D eigenvalue weighted by Crippen LogP contribution is -2.29. The maximum atomic E-state index is 11.4. The molecule has 106 valence electrons. The molecule has 1 aliphatic carbocycles. The Morgan fingerprint density at radius 1 is 1.35 bits per heavy atom. The third-order valence-electron chi connectivity index (χ3n) is 3.97. The number of hydrogen-bond acceptors (Lipinski definition) is 3. The number of nitrogens with one attached hydrogen (secondary N) is 2. The zero-order valence-corrected chi connectivity index (χ0v) is 11.9. The van der Waals surface area contributed by atoms with Crippen molar-refractivity contribution in [2.24, 2.45) is 0 Å². The van der Waals surface area contributed by atoms with Crippen LogP contribution in [0.5, 0.6) is 0 Å². The minimum Gasteiger partial charge on any atom is -0.465 e. The van der Waals surface area contributed by atoms with E-state index in [-0.39, 0.29) is 17.6 Å². The van der Waals surface area contributed by atoms with Crippen molar-refractivity contribution in [3.63, 3.8) is 0 Å². The smallest absolute Gasteiger partial charge is 0.248 e. The largest absolute Gasteiger partial charge is 0.465 e. The van der Waals surface area contributed by atoms with Crippen LogP contribution in [0, 0.1) is 6.92 Å². The van der Waals surface area contributed by atoms with Gasteiger partial charge in [-0.25, -0.2) is 0 Å². The number of hydrogen-bond donors (Lipinski definition) is 2. The van der Waals surface area contributed by atoms with Crippen molar-refractivity contribution < 1.29 is 4.42 Å². The Bertz CT molecular complexity index is 656. The highest BCUT2D eigenvalue weighted by atomic mass is 16.3. The van der Waals surface area contributed by atoms with Crippen LogP contribution in [-0.4, -0.2) is 4.98 Å². The fraction of sp³-hybridized carbons (Fsp3) is 0.438. The molecule has 2 unspecified atom stereocenters. The molecule has 0 spiro atoms. The number of H-pyrrole nitrogens is 1. The molecule has 2 atom stereocenters. The molecule has 0 aromatic carbocycles. The van der Waals surface area contributed by atoms with Gasteiger partial charge in [0.1, 0.15) is 11.5 Å². The lowest BCUT2D eigenvalue weighted by Gasteiger charge is -2.28. The van der Waals surface area contributed by atoms with E-state index in [1.807, 2.05) is 25.1 Å². The zero-order chi connectivity index (χ0) is 14.1. The van der Waals surface area contributed by atoms with Crippen molar-refractivity contribution >= 4 is 0 Å². The van der Waals surface area contributed by atoms with Gasteiger partial charge in [-0.3, -0.25) is 4.79 Å². The highest BCUT2D eigenvalue weighted by Crippen LogP contribution is 2.30. The molecular formula is C16H20N2O2. The number of furan rings is 1. The van der Waals surface area contributed by atoms with E-state index < -0.39 is 0 Å². The molecule has 20 heavy (non-hydrogen) atoms. The van der Waals surface area contributed by atoms with Gasteiger partial charge in [0.25, 0.3) is 0 Å². The molecule has 0 saturated heterocycles. The van der Waals surface area contributed by atoms with E-state index in [0.717, 1.165) is 36.5 Å². The van der Waals surface area contributed by atoms with Crippen LogP contribution in [0.4, 0.5) is 0 Å². The second-order valence-corrected chi connectivity index (χ2v) is 5.54. The van der Waals surface area contributed by atoms with Crippen molar-refractivity contribution in [3.8, 4) is 0 Å². The molecule has 2 N–H and O–H groups in total. The molecule has 0 aliphatic heterocycles. The van der Waals surface area contributed by atoms with Crippen molar-refractivity contribution in [3.05, 3.63) is 57.4 Å². The lowest BCUT2D eigenvalue weighted by atomic mass is 9.90. The summed E-state index contributed by atoms with van der Waals surface area (Å²) in [5, 5.41) is 3.61. The van der Waals surface area contributed by atoms with Crippen LogP contribution in [0.15, 0.2) is 33.5 Å². The Morgan fingerprint density at radius 3 is 2.95 bits per heavy atom. The Labute approximate surface area is 118 Å². The first-order valence-electron chi connectivity index (χ1n) is 7.18. The molecule has 0 radical (unpaired) electrons. The van der Waals surface area contributed by atoms with Crippen molar-refractivity contribution in [1.29, 1.82) is 0 Å². The fourth-order valence-corrected chi connectivity index (χ4v) is 2.94. The quantitative estimate of drug-likeness (QED) is 0.903. The molecule has 4 nitrogen and oxygen atoms in total. The van der Waals surface area contributed by atoms with E-state index in [2.05, 4.69) is 17.2 Å². The Morgan fingerprint density at radius 2 is 2.20 bits per heavy atom. The highest BCUT2D eigenvalue weighted by molar-refractivity contribution is 5.26. The Kier molecular flexibility index (Phi) is 3.49. The second-order valence-electron chi connectivity index (χ2n) is 5.54. The summed E-state index contributed by atoms with van der Waals surface area (Å²) >= 11 is 0. The number of aromatic amines is 1. The molecule has 0 fully saturated rings. The molecule has 2 aromatic heterocycles. The third kappa shape index (κ3) is 2.56. The van der Waals surface area contributed by atoms with Crippen LogP contribution < -0.4 is 10.9 Å². The average Bonchev–Trinajstić information content (AvgIpc) is 2.85. The van der Waals surface area contributed by atoms with Crippen LogP contribution in [0.25, 0.3) is 0 Å². The fourth-order valence-electron chi connectivity index (χ4n) is 2.94. The number of rotatable bonds is 3. The summed E-state index contributed by atoms with van der Waals surface area (Å²) in [6, 6.07) is 8.00. The molecule has 4 heteroatoms. The summed E-state index contributed by atoms with van der Waals surface area (Å²) in [6.45, 7) is 4.06. The second kappa shape index (κ2) is 5.29. The van der Waals surface area contributed by atoms with Gasteiger partial charge in [0.2, 0.25) is 5.56 Å². The first-order chi connectivity index (χ1) is 9.63. The van der Waals surface area contributed by atoms with E-state index in [4.69, 9.17) is 4.42 Å². The summed E-state index contributed by atoms with van der Waals surface area (Å²) in [4.78, 5) is 14.4. The van der Waals surface area contributed by atoms with E-state index in [0.29, 0.717) is 0 Å². The standard InChI is InChI=1S/C16H20N2O2/c1-10-6-8-15(20-10)11(2)17-13-4-3-5-14-12(13)7-9-16(19)18-14/h6-9,11,13,17H,3-5H2,1-2H3,(H,18,19). The minimum absolute atomic E-state index is 0.0147. The van der Waals surface area contributed by atoms with Gasteiger partial charge in [-0.2, -0.15) is 0 Å². The lowest BCUT2D eigenvalue weighted by molar-refractivity contribution is 0.360. The van der Waals surface area contributed by atoms with Crippen LogP contribution in [0.2, 0.25) is 0 Å². The van der Waals surface area contributed by atoms with E-state index in [9.17, 15) is 4.79 Å².